The van der Waals surface area contributed by atoms with E-state index in [-0.39, 0.29) is 19.0 Å². The fraction of sp³-hybridized carbons (Fsp3) is 0.458. The van der Waals surface area contributed by atoms with E-state index in [0.29, 0.717) is 18.4 Å². The predicted molar refractivity (Wildman–Crippen MR) is 120 cm³/mol. The van der Waals surface area contributed by atoms with Gasteiger partial charge in [-0.15, -0.1) is 12.4 Å². The zero-order chi connectivity index (χ0) is 19.5. The Morgan fingerprint density at radius 1 is 1.14 bits per heavy atom. The van der Waals surface area contributed by atoms with Gasteiger partial charge in [0, 0.05) is 5.92 Å². The van der Waals surface area contributed by atoms with Crippen molar-refractivity contribution in [3.8, 4) is 5.75 Å². The molecule has 0 saturated heterocycles. The van der Waals surface area contributed by atoms with Crippen LogP contribution in [0.2, 0.25) is 0 Å². The number of rotatable bonds is 8. The molecule has 5 heteroatoms. The van der Waals surface area contributed by atoms with Crippen LogP contribution in [-0.4, -0.2) is 27.4 Å². The fourth-order valence-electron chi connectivity index (χ4n) is 3.95. The fourth-order valence-corrected chi connectivity index (χ4v) is 3.95. The Bertz CT molecular complexity index is 936. The quantitative estimate of drug-likeness (QED) is 0.515. The molecule has 4 rings (SSSR count). The van der Waals surface area contributed by atoms with E-state index in [0.717, 1.165) is 29.0 Å². The van der Waals surface area contributed by atoms with Crippen LogP contribution in [0.5, 0.6) is 5.75 Å². The first-order valence-corrected chi connectivity index (χ1v) is 10.5. The van der Waals surface area contributed by atoms with Gasteiger partial charge in [-0.2, -0.15) is 0 Å². The van der Waals surface area contributed by atoms with Crippen LogP contribution in [-0.2, 0) is 6.54 Å². The molecular formula is C24H31ClN2O2. The molecule has 1 aliphatic carbocycles. The molecule has 0 amide bonds. The van der Waals surface area contributed by atoms with Crippen molar-refractivity contribution in [2.75, 3.05) is 6.61 Å². The van der Waals surface area contributed by atoms with Gasteiger partial charge in [-0.1, -0.05) is 50.6 Å². The van der Waals surface area contributed by atoms with E-state index in [1.807, 2.05) is 30.3 Å². The van der Waals surface area contributed by atoms with Crippen molar-refractivity contribution in [3.63, 3.8) is 0 Å². The summed E-state index contributed by atoms with van der Waals surface area (Å²) in [5, 5.41) is 10.8. The number of fused-ring (bicyclic) bond motifs is 1. The molecule has 1 aromatic heterocycles. The number of hydrogen-bond acceptors (Lipinski definition) is 3. The first kappa shape index (κ1) is 21.7. The number of hydrogen-bond donors (Lipinski definition) is 1. The van der Waals surface area contributed by atoms with Crippen molar-refractivity contribution in [2.24, 2.45) is 0 Å². The summed E-state index contributed by atoms with van der Waals surface area (Å²) < 4.78 is 8.24. The molecule has 2 atom stereocenters. The molecule has 29 heavy (non-hydrogen) atoms. The highest BCUT2D eigenvalue weighted by molar-refractivity contribution is 5.85. The van der Waals surface area contributed by atoms with Gasteiger partial charge >= 0.3 is 0 Å². The van der Waals surface area contributed by atoms with Gasteiger partial charge in [0.15, 0.2) is 0 Å². The van der Waals surface area contributed by atoms with Crippen molar-refractivity contribution in [1.82, 2.24) is 9.55 Å². The number of benzene rings is 2. The van der Waals surface area contributed by atoms with Gasteiger partial charge in [0.1, 0.15) is 24.3 Å². The first-order valence-electron chi connectivity index (χ1n) is 10.5. The van der Waals surface area contributed by atoms with Crippen LogP contribution in [0, 0.1) is 0 Å². The third kappa shape index (κ3) is 4.59. The lowest BCUT2D eigenvalue weighted by molar-refractivity contribution is 0.0913. The molecule has 1 fully saturated rings. The second kappa shape index (κ2) is 9.64. The number of imidazole rings is 1. The first-order chi connectivity index (χ1) is 13.7. The Morgan fingerprint density at radius 2 is 1.86 bits per heavy atom. The Balaban J connectivity index is 0.00000240. The van der Waals surface area contributed by atoms with Gasteiger partial charge in [-0.05, 0) is 48.9 Å². The van der Waals surface area contributed by atoms with Gasteiger partial charge in [0.25, 0.3) is 0 Å². The maximum Gasteiger partial charge on any atom is 0.122 e. The number of para-hydroxylation sites is 3. The average Bonchev–Trinajstić information content (AvgIpc) is 3.02. The lowest BCUT2D eigenvalue weighted by Crippen LogP contribution is -2.26. The number of aliphatic hydroxyl groups is 1. The van der Waals surface area contributed by atoms with Crippen molar-refractivity contribution in [1.29, 1.82) is 0 Å². The predicted octanol–water partition coefficient (Wildman–Crippen LogP) is 5.68. The summed E-state index contributed by atoms with van der Waals surface area (Å²) in [6.45, 7) is 5.19. The van der Waals surface area contributed by atoms with Crippen LogP contribution in [0.25, 0.3) is 11.0 Å². The zero-order valence-corrected chi connectivity index (χ0v) is 18.1. The van der Waals surface area contributed by atoms with E-state index in [1.54, 1.807) is 0 Å². The number of aliphatic hydroxyl groups excluding tert-OH is 1. The second-order valence-electron chi connectivity index (χ2n) is 8.01. The third-order valence-electron chi connectivity index (χ3n) is 6.04. The van der Waals surface area contributed by atoms with Crippen LogP contribution >= 0.6 is 12.4 Å². The van der Waals surface area contributed by atoms with Gasteiger partial charge in [0.2, 0.25) is 0 Å². The highest BCUT2D eigenvalue weighted by Crippen LogP contribution is 2.37. The van der Waals surface area contributed by atoms with Gasteiger partial charge in [0.05, 0.1) is 17.6 Å². The number of ether oxygens (including phenoxy) is 1. The SMILES string of the molecule is CCC(C)c1ccccc1OCC(O)Cn1c(C2CCC2)nc2ccccc21.Cl. The maximum absolute atomic E-state index is 10.8. The molecule has 0 aliphatic heterocycles. The molecule has 1 heterocycles. The van der Waals surface area contributed by atoms with Crippen molar-refractivity contribution in [3.05, 3.63) is 59.9 Å². The Kier molecular flexibility index (Phi) is 7.20. The van der Waals surface area contributed by atoms with Crippen molar-refractivity contribution in [2.45, 2.75) is 64.0 Å². The Hall–Kier alpha value is -2.04. The van der Waals surface area contributed by atoms with Gasteiger partial charge in [-0.25, -0.2) is 4.98 Å². The zero-order valence-electron chi connectivity index (χ0n) is 17.3. The van der Waals surface area contributed by atoms with Crippen LogP contribution in [0.15, 0.2) is 48.5 Å². The minimum absolute atomic E-state index is 0. The largest absolute Gasteiger partial charge is 0.491 e. The molecule has 1 aliphatic rings. The van der Waals surface area contributed by atoms with Crippen LogP contribution in [0.1, 0.15) is 62.8 Å². The van der Waals surface area contributed by atoms with E-state index >= 15 is 0 Å². The standard InChI is InChI=1S/C24H30N2O2.ClH/c1-3-17(2)20-11-4-7-14-23(20)28-16-19(27)15-26-22-13-6-5-12-21(22)25-24(26)18-9-8-10-18;/h4-7,11-14,17-19,27H,3,8-10,15-16H2,1-2H3;1H. The molecule has 1 N–H and O–H groups in total. The molecule has 156 valence electrons. The summed E-state index contributed by atoms with van der Waals surface area (Å²) in [4.78, 5) is 4.87. The van der Waals surface area contributed by atoms with Crippen LogP contribution in [0.4, 0.5) is 0 Å². The number of aromatic nitrogens is 2. The monoisotopic (exact) mass is 414 g/mol. The summed E-state index contributed by atoms with van der Waals surface area (Å²) in [5.74, 6) is 2.96. The second-order valence-corrected chi connectivity index (χ2v) is 8.01. The van der Waals surface area contributed by atoms with E-state index in [4.69, 9.17) is 9.72 Å². The summed E-state index contributed by atoms with van der Waals surface area (Å²) in [7, 11) is 0. The van der Waals surface area contributed by atoms with E-state index < -0.39 is 6.10 Å². The van der Waals surface area contributed by atoms with E-state index in [9.17, 15) is 5.11 Å². The molecule has 0 spiro atoms. The van der Waals surface area contributed by atoms with Crippen molar-refractivity contribution >= 4 is 23.4 Å². The molecule has 0 bridgehead atoms. The van der Waals surface area contributed by atoms with Crippen molar-refractivity contribution < 1.29 is 9.84 Å². The summed E-state index contributed by atoms with van der Waals surface area (Å²) in [6.07, 6.45) is 4.14. The van der Waals surface area contributed by atoms with E-state index in [1.165, 1.54) is 24.8 Å². The highest BCUT2D eigenvalue weighted by Gasteiger charge is 2.26. The lowest BCUT2D eigenvalue weighted by atomic mass is 9.85. The van der Waals surface area contributed by atoms with Crippen LogP contribution in [0.3, 0.4) is 0 Å². The third-order valence-corrected chi connectivity index (χ3v) is 6.04. The smallest absolute Gasteiger partial charge is 0.122 e. The van der Waals surface area contributed by atoms with Gasteiger partial charge in [-0.3, -0.25) is 0 Å². The Morgan fingerprint density at radius 3 is 2.59 bits per heavy atom. The molecule has 4 nitrogen and oxygen atoms in total. The molecular weight excluding hydrogens is 384 g/mol. The minimum Gasteiger partial charge on any atom is -0.491 e. The molecule has 3 aromatic rings. The molecule has 2 unspecified atom stereocenters. The molecule has 1 saturated carbocycles. The Labute approximate surface area is 179 Å². The van der Waals surface area contributed by atoms with Crippen LogP contribution < -0.4 is 4.74 Å². The average molecular weight is 415 g/mol. The maximum atomic E-state index is 10.8. The summed E-state index contributed by atoms with van der Waals surface area (Å²) >= 11 is 0. The highest BCUT2D eigenvalue weighted by atomic mass is 35.5. The molecule has 2 aromatic carbocycles. The number of halogens is 1. The summed E-state index contributed by atoms with van der Waals surface area (Å²) in [6, 6.07) is 16.4. The molecule has 0 radical (unpaired) electrons. The topological polar surface area (TPSA) is 47.3 Å². The minimum atomic E-state index is -0.582. The van der Waals surface area contributed by atoms with Gasteiger partial charge < -0.3 is 14.4 Å². The number of nitrogens with zero attached hydrogens (tertiary/aromatic N) is 2. The lowest BCUT2D eigenvalue weighted by Gasteiger charge is -2.26. The normalized spacial score (nSPS) is 16.1. The van der Waals surface area contributed by atoms with E-state index in [2.05, 4.69) is 36.6 Å². The summed E-state index contributed by atoms with van der Waals surface area (Å²) in [5.41, 5.74) is 3.32.